The fourth-order valence-electron chi connectivity index (χ4n) is 1.54. The summed E-state index contributed by atoms with van der Waals surface area (Å²) >= 11 is 0. The predicted octanol–water partition coefficient (Wildman–Crippen LogP) is 0.698. The summed E-state index contributed by atoms with van der Waals surface area (Å²) in [5, 5.41) is 1.87. The molecule has 0 bridgehead atoms. The van der Waals surface area contributed by atoms with Gasteiger partial charge in [0.25, 0.3) is 0 Å². The van der Waals surface area contributed by atoms with Crippen molar-refractivity contribution in [1.82, 2.24) is 0 Å². The minimum atomic E-state index is -3.19. The quantitative estimate of drug-likeness (QED) is 0.746. The van der Waals surface area contributed by atoms with Gasteiger partial charge in [0.2, 0.25) is 5.91 Å². The summed E-state index contributed by atoms with van der Waals surface area (Å²) in [5.74, 6) is -0.673. The lowest BCUT2D eigenvalue weighted by molar-refractivity contribution is -0.115. The van der Waals surface area contributed by atoms with E-state index in [1.54, 1.807) is 18.2 Å². The summed E-state index contributed by atoms with van der Waals surface area (Å²) in [7, 11) is -4.74. The first-order chi connectivity index (χ1) is 9.60. The normalized spacial score (nSPS) is 14.4. The van der Waals surface area contributed by atoms with Crippen molar-refractivity contribution in [1.29, 1.82) is 0 Å². The van der Waals surface area contributed by atoms with Crippen molar-refractivity contribution >= 4 is 37.9 Å². The van der Waals surface area contributed by atoms with Gasteiger partial charge in [0.15, 0.2) is 0 Å². The first-order valence-electron chi connectivity index (χ1n) is 6.32. The molecule has 8 heteroatoms. The van der Waals surface area contributed by atoms with Gasteiger partial charge in [-0.1, -0.05) is 6.07 Å². The van der Waals surface area contributed by atoms with Crippen LogP contribution in [0.25, 0.3) is 0 Å². The van der Waals surface area contributed by atoms with E-state index in [0.29, 0.717) is 11.4 Å². The molecule has 2 atom stereocenters. The van der Waals surface area contributed by atoms with E-state index < -0.39 is 31.8 Å². The van der Waals surface area contributed by atoms with Crippen molar-refractivity contribution in [2.45, 2.75) is 19.1 Å². The van der Waals surface area contributed by atoms with Gasteiger partial charge >= 0.3 is 0 Å². The first kappa shape index (κ1) is 17.6. The zero-order valence-corrected chi connectivity index (χ0v) is 13.9. The molecule has 0 radical (unpaired) electrons. The number of rotatable bonds is 6. The number of carbonyl (C=O) groups excluding carboxylic acids is 1. The third-order valence-corrected chi connectivity index (χ3v) is 5.75. The van der Waals surface area contributed by atoms with Gasteiger partial charge < -0.3 is 11.1 Å². The van der Waals surface area contributed by atoms with Crippen molar-refractivity contribution in [3.8, 4) is 0 Å². The summed E-state index contributed by atoms with van der Waals surface area (Å²) in [6.07, 6.45) is 1.07. The summed E-state index contributed by atoms with van der Waals surface area (Å²) in [6.45, 7) is 3.33. The summed E-state index contributed by atoms with van der Waals surface area (Å²) in [6, 6.07) is 5.12. The molecule has 118 valence electrons. The highest BCUT2D eigenvalue weighted by atomic mass is 32.2. The number of nitrogens with one attached hydrogen (secondary N) is 1. The Morgan fingerprint density at radius 1 is 1.43 bits per heavy atom. The van der Waals surface area contributed by atoms with Gasteiger partial charge in [0, 0.05) is 34.2 Å². The molecule has 1 amide bonds. The molecule has 0 aliphatic carbocycles. The Kier molecular flexibility index (Phi) is 5.91. The summed E-state index contributed by atoms with van der Waals surface area (Å²) in [5.41, 5.74) is 7.57. The van der Waals surface area contributed by atoms with Crippen LogP contribution in [0.3, 0.4) is 0 Å². The Hall–Kier alpha value is -1.41. The molecule has 0 aliphatic heterocycles. The molecule has 0 heterocycles. The van der Waals surface area contributed by atoms with Crippen LogP contribution in [0.1, 0.15) is 12.5 Å². The molecule has 1 aromatic rings. The topological polar surface area (TPSA) is 106 Å². The van der Waals surface area contributed by atoms with E-state index in [2.05, 4.69) is 5.32 Å². The van der Waals surface area contributed by atoms with Crippen LogP contribution in [0.5, 0.6) is 0 Å². The van der Waals surface area contributed by atoms with E-state index in [-0.39, 0.29) is 11.5 Å². The Balaban J connectivity index is 2.70. The number of hydrogen-bond acceptors (Lipinski definition) is 5. The molecule has 21 heavy (non-hydrogen) atoms. The van der Waals surface area contributed by atoms with Crippen LogP contribution in [0, 0.1) is 6.92 Å². The number of benzene rings is 1. The van der Waals surface area contributed by atoms with E-state index in [1.807, 2.05) is 6.92 Å². The van der Waals surface area contributed by atoms with Gasteiger partial charge in [-0.2, -0.15) is 0 Å². The van der Waals surface area contributed by atoms with Gasteiger partial charge in [-0.3, -0.25) is 9.00 Å². The molecule has 0 fully saturated rings. The molecule has 1 aromatic carbocycles. The number of hydrogen-bond donors (Lipinski definition) is 2. The van der Waals surface area contributed by atoms with Crippen molar-refractivity contribution in [3.05, 3.63) is 23.8 Å². The molecule has 3 N–H and O–H groups in total. The predicted molar refractivity (Wildman–Crippen MR) is 86.4 cm³/mol. The standard InChI is InChI=1S/C13H20N2O4S2/c1-9-4-5-11(14)8-12(9)15-13(16)10(2)20(17)6-7-21(3,18)19/h4-5,8,10H,6-7,14H2,1-3H3,(H,15,16). The highest BCUT2D eigenvalue weighted by Gasteiger charge is 2.21. The van der Waals surface area contributed by atoms with Gasteiger partial charge in [0.05, 0.1) is 5.75 Å². The van der Waals surface area contributed by atoms with Gasteiger partial charge in [-0.05, 0) is 31.5 Å². The molecule has 0 aromatic heterocycles. The van der Waals surface area contributed by atoms with Crippen molar-refractivity contribution < 1.29 is 17.4 Å². The molecule has 0 saturated heterocycles. The van der Waals surface area contributed by atoms with E-state index in [0.717, 1.165) is 11.8 Å². The van der Waals surface area contributed by atoms with E-state index in [4.69, 9.17) is 5.73 Å². The van der Waals surface area contributed by atoms with Crippen LogP contribution in [-0.4, -0.2) is 41.5 Å². The van der Waals surface area contributed by atoms with Crippen molar-refractivity contribution in [3.63, 3.8) is 0 Å². The van der Waals surface area contributed by atoms with Crippen LogP contribution in [0.4, 0.5) is 11.4 Å². The van der Waals surface area contributed by atoms with Crippen LogP contribution in [-0.2, 0) is 25.4 Å². The van der Waals surface area contributed by atoms with Crippen LogP contribution < -0.4 is 11.1 Å². The number of nitrogen functional groups attached to an aromatic ring is 1. The Morgan fingerprint density at radius 3 is 2.62 bits per heavy atom. The molecule has 0 spiro atoms. The lowest BCUT2D eigenvalue weighted by Crippen LogP contribution is -2.32. The molecule has 0 saturated carbocycles. The molecule has 2 unspecified atom stereocenters. The van der Waals surface area contributed by atoms with Crippen LogP contribution >= 0.6 is 0 Å². The monoisotopic (exact) mass is 332 g/mol. The number of amides is 1. The lowest BCUT2D eigenvalue weighted by Gasteiger charge is -2.14. The van der Waals surface area contributed by atoms with Crippen LogP contribution in [0.15, 0.2) is 18.2 Å². The number of carbonyl (C=O) groups is 1. The van der Waals surface area contributed by atoms with E-state index in [9.17, 15) is 17.4 Å². The van der Waals surface area contributed by atoms with Crippen molar-refractivity contribution in [2.75, 3.05) is 28.8 Å². The maximum Gasteiger partial charge on any atom is 0.239 e. The van der Waals surface area contributed by atoms with E-state index >= 15 is 0 Å². The number of nitrogens with two attached hydrogens (primary N) is 1. The maximum absolute atomic E-state index is 12.0. The fraction of sp³-hybridized carbons (Fsp3) is 0.462. The minimum Gasteiger partial charge on any atom is -0.399 e. The number of sulfone groups is 1. The molecule has 1 rings (SSSR count). The third kappa shape index (κ3) is 5.84. The number of aryl methyl sites for hydroxylation is 1. The van der Waals surface area contributed by atoms with E-state index in [1.165, 1.54) is 6.92 Å². The van der Waals surface area contributed by atoms with Crippen molar-refractivity contribution in [2.24, 2.45) is 0 Å². The Morgan fingerprint density at radius 2 is 2.05 bits per heavy atom. The lowest BCUT2D eigenvalue weighted by atomic mass is 10.2. The fourth-order valence-corrected chi connectivity index (χ4v) is 4.06. The SMILES string of the molecule is Cc1ccc(N)cc1NC(=O)C(C)S(=O)CCS(C)(=O)=O. The van der Waals surface area contributed by atoms with Gasteiger partial charge in [-0.15, -0.1) is 0 Å². The smallest absolute Gasteiger partial charge is 0.239 e. The second kappa shape index (κ2) is 7.04. The van der Waals surface area contributed by atoms with Crippen LogP contribution in [0.2, 0.25) is 0 Å². The molecular weight excluding hydrogens is 312 g/mol. The largest absolute Gasteiger partial charge is 0.399 e. The molecular formula is C13H20N2O4S2. The third-order valence-electron chi connectivity index (χ3n) is 2.94. The second-order valence-electron chi connectivity index (χ2n) is 4.92. The highest BCUT2D eigenvalue weighted by Crippen LogP contribution is 2.18. The van der Waals surface area contributed by atoms with Gasteiger partial charge in [0.1, 0.15) is 15.1 Å². The average molecular weight is 332 g/mol. The maximum atomic E-state index is 12.0. The highest BCUT2D eigenvalue weighted by molar-refractivity contribution is 7.92. The zero-order chi connectivity index (χ0) is 16.2. The van der Waals surface area contributed by atoms with Gasteiger partial charge in [-0.25, -0.2) is 8.42 Å². The number of anilines is 2. The Labute approximate surface area is 127 Å². The summed E-state index contributed by atoms with van der Waals surface area (Å²) < 4.78 is 34.0. The molecule has 0 aliphatic rings. The average Bonchev–Trinajstić information content (AvgIpc) is 2.38. The Bertz CT molecular complexity index is 656. The zero-order valence-electron chi connectivity index (χ0n) is 12.3. The molecule has 6 nitrogen and oxygen atoms in total. The first-order valence-corrected chi connectivity index (χ1v) is 9.76. The minimum absolute atomic E-state index is 0.0523. The second-order valence-corrected chi connectivity index (χ2v) is 9.06. The summed E-state index contributed by atoms with van der Waals surface area (Å²) in [4.78, 5) is 12.0.